The van der Waals surface area contributed by atoms with Crippen LogP contribution in [0.5, 0.6) is 0 Å². The number of nitrogens with zero attached hydrogens (tertiary/aromatic N) is 3. The lowest BCUT2D eigenvalue weighted by Gasteiger charge is -2.24. The molecule has 0 saturated carbocycles. The van der Waals surface area contributed by atoms with Gasteiger partial charge in [0.25, 0.3) is 5.91 Å². The van der Waals surface area contributed by atoms with Gasteiger partial charge in [0.15, 0.2) is 0 Å². The molecular weight excluding hydrogens is 420 g/mol. The second kappa shape index (κ2) is 8.56. The van der Waals surface area contributed by atoms with Crippen LogP contribution in [0.4, 0.5) is 6.01 Å². The number of nitrogens with one attached hydrogen (secondary N) is 1. The first kappa shape index (κ1) is 18.7. The molecule has 1 N–H and O–H groups in total. The molecule has 1 aliphatic heterocycles. The molecule has 0 bridgehead atoms. The molecule has 1 aromatic heterocycles. The van der Waals surface area contributed by atoms with Gasteiger partial charge in [-0.25, -0.2) is 0 Å². The SMILES string of the molecule is O=C(N[C@@H](c1ccccc1)c1nnc(N2CCCCC2)o1)c1ccc(Br)cc1. The molecule has 0 aliphatic carbocycles. The fourth-order valence-electron chi connectivity index (χ4n) is 3.30. The Morgan fingerprint density at radius 1 is 1.00 bits per heavy atom. The Morgan fingerprint density at radius 3 is 2.43 bits per heavy atom. The van der Waals surface area contributed by atoms with Crippen LogP contribution < -0.4 is 10.2 Å². The summed E-state index contributed by atoms with van der Waals surface area (Å²) in [5.41, 5.74) is 1.46. The van der Waals surface area contributed by atoms with Crippen molar-refractivity contribution < 1.29 is 9.21 Å². The van der Waals surface area contributed by atoms with Crippen LogP contribution in [0.3, 0.4) is 0 Å². The molecule has 144 valence electrons. The largest absolute Gasteiger partial charge is 0.405 e. The Labute approximate surface area is 172 Å². The fourth-order valence-corrected chi connectivity index (χ4v) is 3.57. The zero-order chi connectivity index (χ0) is 19.3. The van der Waals surface area contributed by atoms with Crippen LogP contribution in [0, 0.1) is 0 Å². The van der Waals surface area contributed by atoms with Gasteiger partial charge in [-0.1, -0.05) is 51.4 Å². The van der Waals surface area contributed by atoms with Crippen LogP contribution in [0.1, 0.15) is 47.1 Å². The van der Waals surface area contributed by atoms with Crippen LogP contribution in [0.2, 0.25) is 0 Å². The topological polar surface area (TPSA) is 71.3 Å². The van der Waals surface area contributed by atoms with Crippen molar-refractivity contribution in [3.8, 4) is 0 Å². The van der Waals surface area contributed by atoms with Gasteiger partial charge in [0.1, 0.15) is 6.04 Å². The molecular formula is C21H21BrN4O2. The molecule has 1 atom stereocenters. The minimum Gasteiger partial charge on any atom is -0.405 e. The van der Waals surface area contributed by atoms with Crippen molar-refractivity contribution in [1.29, 1.82) is 0 Å². The Balaban J connectivity index is 1.60. The standard InChI is InChI=1S/C21H21BrN4O2/c22-17-11-9-16(10-12-17)19(27)23-18(15-7-3-1-4-8-15)20-24-25-21(28-20)26-13-5-2-6-14-26/h1,3-4,7-12,18H,2,5-6,13-14H2,(H,23,27)/t18-/m0/s1. The molecule has 7 heteroatoms. The summed E-state index contributed by atoms with van der Waals surface area (Å²) in [5.74, 6) is 0.191. The maximum absolute atomic E-state index is 12.8. The van der Waals surface area contributed by atoms with Gasteiger partial charge in [-0.2, -0.15) is 0 Å². The highest BCUT2D eigenvalue weighted by atomic mass is 79.9. The van der Waals surface area contributed by atoms with E-state index in [1.807, 2.05) is 42.5 Å². The first-order valence-electron chi connectivity index (χ1n) is 9.40. The third-order valence-electron chi connectivity index (χ3n) is 4.82. The predicted molar refractivity (Wildman–Crippen MR) is 110 cm³/mol. The van der Waals surface area contributed by atoms with E-state index in [0.29, 0.717) is 17.5 Å². The summed E-state index contributed by atoms with van der Waals surface area (Å²) in [5, 5.41) is 11.5. The number of hydrogen-bond acceptors (Lipinski definition) is 5. The summed E-state index contributed by atoms with van der Waals surface area (Å²) in [6, 6.07) is 16.9. The fraction of sp³-hybridized carbons (Fsp3) is 0.286. The van der Waals surface area contributed by atoms with E-state index in [1.54, 1.807) is 12.1 Å². The third-order valence-corrected chi connectivity index (χ3v) is 5.35. The molecule has 4 rings (SSSR count). The molecule has 3 aromatic rings. The van der Waals surface area contributed by atoms with Crippen molar-refractivity contribution in [2.24, 2.45) is 0 Å². The van der Waals surface area contributed by atoms with Crippen LogP contribution in [0.25, 0.3) is 0 Å². The van der Waals surface area contributed by atoms with E-state index in [-0.39, 0.29) is 5.91 Å². The number of halogens is 1. The molecule has 2 aromatic carbocycles. The van der Waals surface area contributed by atoms with Crippen molar-refractivity contribution in [3.63, 3.8) is 0 Å². The summed E-state index contributed by atoms with van der Waals surface area (Å²) in [6.45, 7) is 1.84. The number of benzene rings is 2. The van der Waals surface area contributed by atoms with Gasteiger partial charge in [0.05, 0.1) is 0 Å². The van der Waals surface area contributed by atoms with Crippen molar-refractivity contribution in [2.45, 2.75) is 25.3 Å². The van der Waals surface area contributed by atoms with E-state index in [0.717, 1.165) is 36.0 Å². The van der Waals surface area contributed by atoms with Gasteiger partial charge in [-0.05, 0) is 49.1 Å². The number of hydrogen-bond donors (Lipinski definition) is 1. The van der Waals surface area contributed by atoms with Crippen LogP contribution in [0.15, 0.2) is 63.5 Å². The first-order chi connectivity index (χ1) is 13.7. The van der Waals surface area contributed by atoms with Gasteiger partial charge in [-0.3, -0.25) is 4.79 Å². The minimum absolute atomic E-state index is 0.195. The lowest BCUT2D eigenvalue weighted by molar-refractivity contribution is 0.0938. The number of aromatic nitrogens is 2. The molecule has 1 saturated heterocycles. The van der Waals surface area contributed by atoms with Gasteiger partial charge >= 0.3 is 6.01 Å². The number of amides is 1. The van der Waals surface area contributed by atoms with Crippen molar-refractivity contribution in [1.82, 2.24) is 15.5 Å². The summed E-state index contributed by atoms with van der Waals surface area (Å²) < 4.78 is 6.90. The summed E-state index contributed by atoms with van der Waals surface area (Å²) in [7, 11) is 0. The monoisotopic (exact) mass is 440 g/mol. The smallest absolute Gasteiger partial charge is 0.318 e. The Morgan fingerprint density at radius 2 is 1.71 bits per heavy atom. The van der Waals surface area contributed by atoms with Crippen LogP contribution in [-0.2, 0) is 0 Å². The van der Waals surface area contributed by atoms with Crippen LogP contribution in [-0.4, -0.2) is 29.2 Å². The van der Waals surface area contributed by atoms with E-state index in [1.165, 1.54) is 6.42 Å². The quantitative estimate of drug-likeness (QED) is 0.638. The summed E-state index contributed by atoms with van der Waals surface area (Å²) >= 11 is 3.39. The Hall–Kier alpha value is -2.67. The minimum atomic E-state index is -0.511. The first-order valence-corrected chi connectivity index (χ1v) is 10.2. The molecule has 0 unspecified atom stereocenters. The molecule has 0 spiro atoms. The zero-order valence-corrected chi connectivity index (χ0v) is 16.9. The highest BCUT2D eigenvalue weighted by Crippen LogP contribution is 2.26. The maximum Gasteiger partial charge on any atom is 0.318 e. The van der Waals surface area contributed by atoms with Crippen LogP contribution >= 0.6 is 15.9 Å². The van der Waals surface area contributed by atoms with E-state index < -0.39 is 6.04 Å². The van der Waals surface area contributed by atoms with Gasteiger partial charge in [0, 0.05) is 23.1 Å². The van der Waals surface area contributed by atoms with Gasteiger partial charge in [0.2, 0.25) is 5.89 Å². The number of carbonyl (C=O) groups excluding carboxylic acids is 1. The molecule has 0 radical (unpaired) electrons. The van der Waals surface area contributed by atoms with Gasteiger partial charge in [-0.15, -0.1) is 5.10 Å². The second-order valence-electron chi connectivity index (χ2n) is 6.79. The van der Waals surface area contributed by atoms with Gasteiger partial charge < -0.3 is 14.6 Å². The molecule has 28 heavy (non-hydrogen) atoms. The normalized spacial score (nSPS) is 15.2. The lowest BCUT2D eigenvalue weighted by atomic mass is 10.1. The molecule has 2 heterocycles. The molecule has 1 fully saturated rings. The zero-order valence-electron chi connectivity index (χ0n) is 15.3. The summed E-state index contributed by atoms with van der Waals surface area (Å²) in [6.07, 6.45) is 3.48. The Kier molecular flexibility index (Phi) is 5.71. The van der Waals surface area contributed by atoms with E-state index in [4.69, 9.17) is 4.42 Å². The number of carbonyl (C=O) groups is 1. The third kappa shape index (κ3) is 4.25. The number of rotatable bonds is 5. The van der Waals surface area contributed by atoms with Crippen molar-refractivity contribution >= 4 is 27.9 Å². The van der Waals surface area contributed by atoms with E-state index in [2.05, 4.69) is 36.3 Å². The molecule has 1 amide bonds. The number of piperidine rings is 1. The van der Waals surface area contributed by atoms with E-state index >= 15 is 0 Å². The summed E-state index contributed by atoms with van der Waals surface area (Å²) in [4.78, 5) is 14.9. The highest BCUT2D eigenvalue weighted by molar-refractivity contribution is 9.10. The Bertz CT molecular complexity index is 921. The number of anilines is 1. The van der Waals surface area contributed by atoms with Crippen molar-refractivity contribution in [3.05, 3.63) is 76.1 Å². The predicted octanol–water partition coefficient (Wildman–Crippen LogP) is 4.34. The molecule has 1 aliphatic rings. The maximum atomic E-state index is 12.8. The average Bonchev–Trinajstić information content (AvgIpc) is 3.23. The second-order valence-corrected chi connectivity index (χ2v) is 7.71. The molecule has 6 nitrogen and oxygen atoms in total. The average molecular weight is 441 g/mol. The van der Waals surface area contributed by atoms with E-state index in [9.17, 15) is 4.79 Å². The van der Waals surface area contributed by atoms with Crippen molar-refractivity contribution in [2.75, 3.05) is 18.0 Å². The lowest BCUT2D eigenvalue weighted by Crippen LogP contribution is -2.30. The highest BCUT2D eigenvalue weighted by Gasteiger charge is 2.25.